The second kappa shape index (κ2) is 4.97. The predicted octanol–water partition coefficient (Wildman–Crippen LogP) is 2.50. The summed E-state index contributed by atoms with van der Waals surface area (Å²) in [6.07, 6.45) is 5.13. The molecule has 2 aromatic rings. The minimum Gasteiger partial charge on any atom is -0.282 e. The van der Waals surface area contributed by atoms with E-state index in [1.54, 1.807) is 17.0 Å². The van der Waals surface area contributed by atoms with Gasteiger partial charge in [-0.1, -0.05) is 17.7 Å². The molecule has 0 spiro atoms. The molecule has 1 aliphatic heterocycles. The fourth-order valence-corrected chi connectivity index (χ4v) is 2.50. The van der Waals surface area contributed by atoms with Gasteiger partial charge in [0.15, 0.2) is 0 Å². The molecule has 20 heavy (non-hydrogen) atoms. The molecule has 1 aromatic carbocycles. The molecule has 2 amide bonds. The lowest BCUT2D eigenvalue weighted by Gasteiger charge is -2.00. The number of rotatable bonds is 2. The highest BCUT2D eigenvalue weighted by Crippen LogP contribution is 2.25. The Kier molecular flexibility index (Phi) is 3.15. The number of amides is 2. The molecule has 5 nitrogen and oxygen atoms in total. The summed E-state index contributed by atoms with van der Waals surface area (Å²) in [6, 6.07) is 7.96. The Morgan fingerprint density at radius 1 is 1.25 bits per heavy atom. The SMILES string of the molecule is Cc1ccc(-n2cc(/C=C3\SC(=O)NC3=O)cn2)cc1. The minimum atomic E-state index is -0.358. The van der Waals surface area contributed by atoms with Crippen LogP contribution in [0.25, 0.3) is 11.8 Å². The van der Waals surface area contributed by atoms with Crippen molar-refractivity contribution in [1.29, 1.82) is 0 Å². The number of hydrogen-bond donors (Lipinski definition) is 1. The summed E-state index contributed by atoms with van der Waals surface area (Å²) < 4.78 is 1.73. The van der Waals surface area contributed by atoms with Crippen molar-refractivity contribution in [3.05, 3.63) is 52.7 Å². The van der Waals surface area contributed by atoms with E-state index < -0.39 is 0 Å². The zero-order valence-corrected chi connectivity index (χ0v) is 11.5. The molecule has 100 valence electrons. The van der Waals surface area contributed by atoms with E-state index in [0.717, 1.165) is 23.0 Å². The van der Waals surface area contributed by atoms with Gasteiger partial charge in [0.1, 0.15) is 0 Å². The van der Waals surface area contributed by atoms with Gasteiger partial charge in [-0.25, -0.2) is 4.68 Å². The molecule has 1 fully saturated rings. The van der Waals surface area contributed by atoms with Crippen LogP contribution < -0.4 is 5.32 Å². The molecule has 0 aliphatic carbocycles. The molecule has 0 atom stereocenters. The average molecular weight is 285 g/mol. The Hall–Kier alpha value is -2.34. The van der Waals surface area contributed by atoms with Crippen molar-refractivity contribution in [2.45, 2.75) is 6.92 Å². The number of carbonyl (C=O) groups is 2. The molecule has 3 rings (SSSR count). The molecular weight excluding hydrogens is 274 g/mol. The number of hydrogen-bond acceptors (Lipinski definition) is 4. The van der Waals surface area contributed by atoms with Gasteiger partial charge in [-0.05, 0) is 36.9 Å². The maximum Gasteiger partial charge on any atom is 0.290 e. The van der Waals surface area contributed by atoms with E-state index in [-0.39, 0.29) is 11.1 Å². The van der Waals surface area contributed by atoms with E-state index in [9.17, 15) is 9.59 Å². The third-order valence-electron chi connectivity index (χ3n) is 2.84. The molecule has 2 heterocycles. The van der Waals surface area contributed by atoms with Gasteiger partial charge in [-0.15, -0.1) is 0 Å². The number of imide groups is 1. The second-order valence-electron chi connectivity index (χ2n) is 4.41. The van der Waals surface area contributed by atoms with E-state index in [0.29, 0.717) is 4.91 Å². The van der Waals surface area contributed by atoms with E-state index >= 15 is 0 Å². The topological polar surface area (TPSA) is 64.0 Å². The van der Waals surface area contributed by atoms with Gasteiger partial charge in [-0.3, -0.25) is 14.9 Å². The number of nitrogens with zero attached hydrogens (tertiary/aromatic N) is 2. The van der Waals surface area contributed by atoms with Crippen LogP contribution >= 0.6 is 11.8 Å². The van der Waals surface area contributed by atoms with Gasteiger partial charge in [-0.2, -0.15) is 5.10 Å². The fourth-order valence-electron chi connectivity index (χ4n) is 1.82. The number of benzene rings is 1. The van der Waals surface area contributed by atoms with Crippen LogP contribution in [0.15, 0.2) is 41.6 Å². The molecule has 0 radical (unpaired) electrons. The van der Waals surface area contributed by atoms with Crippen LogP contribution in [0, 0.1) is 6.92 Å². The maximum atomic E-state index is 11.5. The standard InChI is InChI=1S/C14H11N3O2S/c1-9-2-4-11(5-3-9)17-8-10(7-15-17)6-12-13(18)16-14(19)20-12/h2-8H,1H3,(H,16,18,19)/b12-6-. The Labute approximate surface area is 119 Å². The zero-order chi connectivity index (χ0) is 14.1. The summed E-state index contributed by atoms with van der Waals surface area (Å²) in [4.78, 5) is 22.9. The second-order valence-corrected chi connectivity index (χ2v) is 5.42. The lowest BCUT2D eigenvalue weighted by atomic mass is 10.2. The molecule has 0 unspecified atom stereocenters. The molecule has 1 N–H and O–H groups in total. The van der Waals surface area contributed by atoms with Gasteiger partial charge in [0.05, 0.1) is 16.8 Å². The summed E-state index contributed by atoms with van der Waals surface area (Å²) in [5, 5.41) is 6.13. The normalized spacial score (nSPS) is 16.8. The molecule has 1 aliphatic rings. The van der Waals surface area contributed by atoms with Gasteiger partial charge in [0, 0.05) is 11.8 Å². The molecule has 1 saturated heterocycles. The Morgan fingerprint density at radius 3 is 2.65 bits per heavy atom. The summed E-state index contributed by atoms with van der Waals surface area (Å²) in [5.74, 6) is -0.358. The lowest BCUT2D eigenvalue weighted by molar-refractivity contribution is -0.115. The number of nitrogens with one attached hydrogen (secondary N) is 1. The van der Waals surface area contributed by atoms with E-state index in [1.807, 2.05) is 37.4 Å². The van der Waals surface area contributed by atoms with Crippen molar-refractivity contribution in [3.63, 3.8) is 0 Å². The number of carbonyl (C=O) groups excluding carboxylic acids is 2. The summed E-state index contributed by atoms with van der Waals surface area (Å²) in [7, 11) is 0. The van der Waals surface area contributed by atoms with Crippen molar-refractivity contribution in [2.24, 2.45) is 0 Å². The summed E-state index contributed by atoms with van der Waals surface area (Å²) in [6.45, 7) is 2.02. The van der Waals surface area contributed by atoms with Crippen molar-refractivity contribution in [2.75, 3.05) is 0 Å². The highest BCUT2D eigenvalue weighted by atomic mass is 32.2. The number of thioether (sulfide) groups is 1. The van der Waals surface area contributed by atoms with Crippen molar-refractivity contribution in [3.8, 4) is 5.69 Å². The quantitative estimate of drug-likeness (QED) is 0.861. The van der Waals surface area contributed by atoms with Crippen molar-refractivity contribution < 1.29 is 9.59 Å². The molecule has 1 aromatic heterocycles. The van der Waals surface area contributed by atoms with E-state index in [1.165, 1.54) is 5.56 Å². The first-order chi connectivity index (χ1) is 9.61. The number of aromatic nitrogens is 2. The van der Waals surface area contributed by atoms with Gasteiger partial charge >= 0.3 is 0 Å². The highest BCUT2D eigenvalue weighted by Gasteiger charge is 2.25. The summed E-state index contributed by atoms with van der Waals surface area (Å²) >= 11 is 0.900. The fraction of sp³-hybridized carbons (Fsp3) is 0.0714. The molecule has 0 saturated carbocycles. The van der Waals surface area contributed by atoms with Crippen LogP contribution in [0.3, 0.4) is 0 Å². The van der Waals surface area contributed by atoms with Crippen LogP contribution in [0.4, 0.5) is 4.79 Å². The van der Waals surface area contributed by atoms with Crippen molar-refractivity contribution >= 4 is 29.0 Å². The highest BCUT2D eigenvalue weighted by molar-refractivity contribution is 8.18. The zero-order valence-electron chi connectivity index (χ0n) is 10.7. The predicted molar refractivity (Wildman–Crippen MR) is 77.4 cm³/mol. The third kappa shape index (κ3) is 2.50. The van der Waals surface area contributed by atoms with E-state index in [4.69, 9.17) is 0 Å². The Balaban J connectivity index is 1.87. The Bertz CT molecular complexity index is 716. The monoisotopic (exact) mass is 285 g/mol. The largest absolute Gasteiger partial charge is 0.290 e. The van der Waals surface area contributed by atoms with Crippen LogP contribution in [-0.4, -0.2) is 20.9 Å². The number of aryl methyl sites for hydroxylation is 1. The minimum absolute atomic E-state index is 0.341. The molecule has 0 bridgehead atoms. The van der Waals surface area contributed by atoms with Gasteiger partial charge < -0.3 is 0 Å². The first kappa shape index (κ1) is 12.7. The van der Waals surface area contributed by atoms with Crippen LogP contribution in [-0.2, 0) is 4.79 Å². The maximum absolute atomic E-state index is 11.5. The first-order valence-electron chi connectivity index (χ1n) is 5.98. The molecule has 6 heteroatoms. The van der Waals surface area contributed by atoms with Gasteiger partial charge in [0.25, 0.3) is 11.1 Å². The summed E-state index contributed by atoms with van der Waals surface area (Å²) in [5.41, 5.74) is 2.90. The third-order valence-corrected chi connectivity index (χ3v) is 3.65. The average Bonchev–Trinajstić information content (AvgIpc) is 2.98. The van der Waals surface area contributed by atoms with Crippen molar-refractivity contribution in [1.82, 2.24) is 15.1 Å². The Morgan fingerprint density at radius 2 is 2.00 bits per heavy atom. The van der Waals surface area contributed by atoms with Crippen LogP contribution in [0.5, 0.6) is 0 Å². The smallest absolute Gasteiger partial charge is 0.282 e. The first-order valence-corrected chi connectivity index (χ1v) is 6.80. The van der Waals surface area contributed by atoms with E-state index in [2.05, 4.69) is 10.4 Å². The lowest BCUT2D eigenvalue weighted by Crippen LogP contribution is -2.17. The van der Waals surface area contributed by atoms with Crippen LogP contribution in [0.1, 0.15) is 11.1 Å². The molecular formula is C14H11N3O2S. The van der Waals surface area contributed by atoms with Gasteiger partial charge in [0.2, 0.25) is 0 Å². The van der Waals surface area contributed by atoms with Crippen LogP contribution in [0.2, 0.25) is 0 Å².